The summed E-state index contributed by atoms with van der Waals surface area (Å²) in [6, 6.07) is 5.06. The number of nitrogens with one attached hydrogen (secondary N) is 1. The van der Waals surface area contributed by atoms with Gasteiger partial charge in [0.1, 0.15) is 4.90 Å². The molecule has 0 aromatic heterocycles. The molecule has 96 valence electrons. The fourth-order valence-corrected chi connectivity index (χ4v) is 3.54. The zero-order chi connectivity index (χ0) is 13.1. The van der Waals surface area contributed by atoms with E-state index in [1.165, 1.54) is 0 Å². The zero-order valence-corrected chi connectivity index (χ0v) is 11.3. The van der Waals surface area contributed by atoms with Crippen LogP contribution in [0.15, 0.2) is 23.1 Å². The molecule has 5 heteroatoms. The van der Waals surface area contributed by atoms with Gasteiger partial charge in [-0.15, -0.1) is 0 Å². The van der Waals surface area contributed by atoms with Crippen LogP contribution in [-0.2, 0) is 10.0 Å². The molecule has 0 heterocycles. The molecule has 17 heavy (non-hydrogen) atoms. The summed E-state index contributed by atoms with van der Waals surface area (Å²) < 4.78 is 27.1. The lowest BCUT2D eigenvalue weighted by molar-refractivity contribution is 0.530. The molecule has 3 N–H and O–H groups in total. The van der Waals surface area contributed by atoms with Gasteiger partial charge in [0, 0.05) is 6.04 Å². The number of sulfonamides is 1. The fourth-order valence-electron chi connectivity index (χ4n) is 1.78. The number of hydrogen-bond acceptors (Lipinski definition) is 3. The van der Waals surface area contributed by atoms with Gasteiger partial charge in [0.05, 0.1) is 5.69 Å². The van der Waals surface area contributed by atoms with Gasteiger partial charge in [0.15, 0.2) is 0 Å². The number of anilines is 1. The molecule has 0 aliphatic carbocycles. The Morgan fingerprint density at radius 3 is 2.35 bits per heavy atom. The van der Waals surface area contributed by atoms with Crippen molar-refractivity contribution in [2.45, 2.75) is 44.6 Å². The predicted molar refractivity (Wildman–Crippen MR) is 70.3 cm³/mol. The first-order chi connectivity index (χ1) is 7.92. The zero-order valence-electron chi connectivity index (χ0n) is 10.5. The van der Waals surface area contributed by atoms with E-state index in [4.69, 9.17) is 5.73 Å². The van der Waals surface area contributed by atoms with Crippen LogP contribution in [0.4, 0.5) is 5.69 Å². The van der Waals surface area contributed by atoms with Crippen molar-refractivity contribution in [3.05, 3.63) is 23.8 Å². The molecule has 1 aromatic rings. The normalized spacial score (nSPS) is 12.0. The third-order valence-corrected chi connectivity index (χ3v) is 4.56. The van der Waals surface area contributed by atoms with Crippen LogP contribution in [0.25, 0.3) is 0 Å². The van der Waals surface area contributed by atoms with Crippen LogP contribution >= 0.6 is 0 Å². The predicted octanol–water partition coefficient (Wildman–Crippen LogP) is 2.04. The van der Waals surface area contributed by atoms with E-state index in [2.05, 4.69) is 4.72 Å². The second kappa shape index (κ2) is 5.51. The van der Waals surface area contributed by atoms with Crippen molar-refractivity contribution in [1.29, 1.82) is 0 Å². The highest BCUT2D eigenvalue weighted by molar-refractivity contribution is 7.89. The van der Waals surface area contributed by atoms with Gasteiger partial charge >= 0.3 is 0 Å². The quantitative estimate of drug-likeness (QED) is 0.792. The standard InChI is InChI=1S/C12H20N2O2S/c1-4-10(5-2)14-17(15,16)12-9(3)7-6-8-11(12)13/h6-8,10,14H,4-5,13H2,1-3H3. The highest BCUT2D eigenvalue weighted by Gasteiger charge is 2.22. The molecule has 0 spiro atoms. The van der Waals surface area contributed by atoms with Crippen molar-refractivity contribution in [2.75, 3.05) is 5.73 Å². The molecule has 4 nitrogen and oxygen atoms in total. The lowest BCUT2D eigenvalue weighted by atomic mass is 10.2. The number of nitrogens with two attached hydrogens (primary N) is 1. The van der Waals surface area contributed by atoms with E-state index in [1.807, 2.05) is 13.8 Å². The summed E-state index contributed by atoms with van der Waals surface area (Å²) in [4.78, 5) is 0.201. The maximum Gasteiger partial charge on any atom is 0.243 e. The summed E-state index contributed by atoms with van der Waals surface area (Å²) >= 11 is 0. The molecule has 1 aromatic carbocycles. The average Bonchev–Trinajstić information content (AvgIpc) is 2.25. The lowest BCUT2D eigenvalue weighted by Gasteiger charge is -2.17. The Bertz CT molecular complexity index is 459. The molecule has 0 saturated heterocycles. The Morgan fingerprint density at radius 1 is 1.29 bits per heavy atom. The monoisotopic (exact) mass is 256 g/mol. The summed E-state index contributed by atoms with van der Waals surface area (Å²) in [6.45, 7) is 5.66. The van der Waals surface area contributed by atoms with Crippen LogP contribution in [0, 0.1) is 6.92 Å². The number of hydrogen-bond donors (Lipinski definition) is 2. The minimum Gasteiger partial charge on any atom is -0.398 e. The summed E-state index contributed by atoms with van der Waals surface area (Å²) in [5, 5.41) is 0. The van der Waals surface area contributed by atoms with Crippen LogP contribution in [-0.4, -0.2) is 14.5 Å². The molecule has 0 bridgehead atoms. The minimum absolute atomic E-state index is 0.0426. The summed E-state index contributed by atoms with van der Waals surface area (Å²) in [5.41, 5.74) is 6.71. The van der Waals surface area contributed by atoms with Crippen LogP contribution < -0.4 is 10.5 Å². The number of nitrogen functional groups attached to an aromatic ring is 1. The molecule has 1 rings (SSSR count). The van der Waals surface area contributed by atoms with E-state index in [1.54, 1.807) is 25.1 Å². The van der Waals surface area contributed by atoms with Crippen LogP contribution in [0.2, 0.25) is 0 Å². The Labute approximate surface area is 103 Å². The minimum atomic E-state index is -3.52. The molecular weight excluding hydrogens is 236 g/mol. The molecule has 0 atom stereocenters. The lowest BCUT2D eigenvalue weighted by Crippen LogP contribution is -2.34. The van der Waals surface area contributed by atoms with Crippen LogP contribution in [0.5, 0.6) is 0 Å². The number of aryl methyl sites for hydroxylation is 1. The van der Waals surface area contributed by atoms with Gasteiger partial charge in [-0.25, -0.2) is 13.1 Å². The first-order valence-corrected chi connectivity index (χ1v) is 7.28. The second-order valence-electron chi connectivity index (χ2n) is 4.13. The fraction of sp³-hybridized carbons (Fsp3) is 0.500. The third-order valence-electron chi connectivity index (χ3n) is 2.82. The number of benzene rings is 1. The summed E-state index contributed by atoms with van der Waals surface area (Å²) in [5.74, 6) is 0. The molecule has 0 fully saturated rings. The van der Waals surface area contributed by atoms with Gasteiger partial charge < -0.3 is 5.73 Å². The molecular formula is C12H20N2O2S. The van der Waals surface area contributed by atoms with E-state index in [0.717, 1.165) is 12.8 Å². The smallest absolute Gasteiger partial charge is 0.243 e. The van der Waals surface area contributed by atoms with Crippen molar-refractivity contribution in [3.63, 3.8) is 0 Å². The van der Waals surface area contributed by atoms with Crippen molar-refractivity contribution in [1.82, 2.24) is 4.72 Å². The van der Waals surface area contributed by atoms with E-state index in [9.17, 15) is 8.42 Å². The molecule has 0 unspecified atom stereocenters. The molecule has 0 amide bonds. The van der Waals surface area contributed by atoms with Crippen molar-refractivity contribution >= 4 is 15.7 Å². The molecule has 0 aliphatic heterocycles. The van der Waals surface area contributed by atoms with Gasteiger partial charge in [-0.05, 0) is 31.4 Å². The largest absolute Gasteiger partial charge is 0.398 e. The van der Waals surface area contributed by atoms with Crippen molar-refractivity contribution in [3.8, 4) is 0 Å². The third kappa shape index (κ3) is 3.20. The maximum atomic E-state index is 12.2. The molecule has 0 aliphatic rings. The average molecular weight is 256 g/mol. The van der Waals surface area contributed by atoms with E-state index < -0.39 is 10.0 Å². The van der Waals surface area contributed by atoms with Gasteiger partial charge in [-0.2, -0.15) is 0 Å². The Balaban J connectivity index is 3.14. The van der Waals surface area contributed by atoms with Gasteiger partial charge in [0.2, 0.25) is 10.0 Å². The maximum absolute atomic E-state index is 12.2. The van der Waals surface area contributed by atoms with Gasteiger partial charge in [0.25, 0.3) is 0 Å². The number of rotatable bonds is 5. The van der Waals surface area contributed by atoms with Gasteiger partial charge in [-0.3, -0.25) is 0 Å². The Morgan fingerprint density at radius 2 is 1.88 bits per heavy atom. The highest BCUT2D eigenvalue weighted by Crippen LogP contribution is 2.22. The highest BCUT2D eigenvalue weighted by atomic mass is 32.2. The van der Waals surface area contributed by atoms with Crippen LogP contribution in [0.3, 0.4) is 0 Å². The van der Waals surface area contributed by atoms with Gasteiger partial charge in [-0.1, -0.05) is 26.0 Å². The Hall–Kier alpha value is -1.07. The van der Waals surface area contributed by atoms with E-state index in [-0.39, 0.29) is 10.9 Å². The van der Waals surface area contributed by atoms with E-state index >= 15 is 0 Å². The topological polar surface area (TPSA) is 72.2 Å². The van der Waals surface area contributed by atoms with Crippen molar-refractivity contribution < 1.29 is 8.42 Å². The van der Waals surface area contributed by atoms with Crippen LogP contribution in [0.1, 0.15) is 32.3 Å². The molecule has 0 saturated carbocycles. The van der Waals surface area contributed by atoms with E-state index in [0.29, 0.717) is 11.3 Å². The molecule has 0 radical (unpaired) electrons. The SMILES string of the molecule is CCC(CC)NS(=O)(=O)c1c(C)cccc1N. The summed E-state index contributed by atoms with van der Waals surface area (Å²) in [7, 11) is -3.52. The summed E-state index contributed by atoms with van der Waals surface area (Å²) in [6.07, 6.45) is 1.53. The second-order valence-corrected chi connectivity index (χ2v) is 5.78. The first-order valence-electron chi connectivity index (χ1n) is 5.79. The Kier molecular flexibility index (Phi) is 4.54. The van der Waals surface area contributed by atoms with Crippen molar-refractivity contribution in [2.24, 2.45) is 0 Å². The first kappa shape index (κ1) is 14.0.